The number of ether oxygens (including phenoxy) is 5. The molecular formula is C23H24ClN3O8. The molecule has 12 heteroatoms. The Morgan fingerprint density at radius 1 is 1.09 bits per heavy atom. The van der Waals surface area contributed by atoms with Gasteiger partial charge in [-0.2, -0.15) is 5.10 Å². The van der Waals surface area contributed by atoms with Crippen molar-refractivity contribution in [3.63, 3.8) is 0 Å². The number of hydrogen-bond donors (Lipinski definition) is 0. The Bertz CT molecular complexity index is 1320. The lowest BCUT2D eigenvalue weighted by molar-refractivity contribution is -0.166. The van der Waals surface area contributed by atoms with Crippen LogP contribution in [0.4, 0.5) is 0 Å². The molecule has 186 valence electrons. The van der Waals surface area contributed by atoms with Gasteiger partial charge < -0.3 is 23.7 Å². The SMILES string of the molecule is COc1ccc2nc3c(c(C)nn3[C@@H]3O[C@H](COC(C)=O)[C@@H](OC(C)=O)[C@H]3OC(C)=O)c(Cl)c2c1. The zero-order valence-corrected chi connectivity index (χ0v) is 20.5. The van der Waals surface area contributed by atoms with Gasteiger partial charge in [-0.3, -0.25) is 14.4 Å². The number of carbonyl (C=O) groups excluding carboxylic acids is 3. The number of halogens is 1. The molecule has 2 aromatic heterocycles. The quantitative estimate of drug-likeness (QED) is 0.364. The van der Waals surface area contributed by atoms with Crippen LogP contribution in [0.2, 0.25) is 5.02 Å². The lowest BCUT2D eigenvalue weighted by Crippen LogP contribution is -2.40. The fourth-order valence-electron chi connectivity index (χ4n) is 4.13. The maximum atomic E-state index is 12.0. The minimum atomic E-state index is -1.09. The van der Waals surface area contributed by atoms with Crippen molar-refractivity contribution < 1.29 is 38.1 Å². The molecule has 0 spiro atoms. The number of hydrogen-bond acceptors (Lipinski definition) is 10. The van der Waals surface area contributed by atoms with E-state index in [0.717, 1.165) is 0 Å². The van der Waals surface area contributed by atoms with E-state index in [1.165, 1.54) is 25.5 Å². The Morgan fingerprint density at radius 3 is 2.40 bits per heavy atom. The average Bonchev–Trinajstić information content (AvgIpc) is 3.28. The highest BCUT2D eigenvalue weighted by Gasteiger charge is 2.51. The van der Waals surface area contributed by atoms with Crippen LogP contribution in [0, 0.1) is 6.92 Å². The molecule has 0 N–H and O–H groups in total. The number of nitrogens with zero attached hydrogens (tertiary/aromatic N) is 3. The zero-order chi connectivity index (χ0) is 25.4. The molecule has 1 aliphatic rings. The number of esters is 3. The van der Waals surface area contributed by atoms with Crippen molar-refractivity contribution in [2.45, 2.75) is 52.2 Å². The number of fused-ring (bicyclic) bond motifs is 2. The molecule has 0 aliphatic carbocycles. The molecule has 0 amide bonds. The highest BCUT2D eigenvalue weighted by atomic mass is 35.5. The summed E-state index contributed by atoms with van der Waals surface area (Å²) in [5.74, 6) is -1.16. The summed E-state index contributed by atoms with van der Waals surface area (Å²) in [7, 11) is 1.56. The summed E-state index contributed by atoms with van der Waals surface area (Å²) in [4.78, 5) is 39.9. The molecule has 4 rings (SSSR count). The maximum Gasteiger partial charge on any atom is 0.303 e. The largest absolute Gasteiger partial charge is 0.497 e. The lowest BCUT2D eigenvalue weighted by atomic mass is 10.1. The fraction of sp³-hybridized carbons (Fsp3) is 0.435. The number of rotatable bonds is 6. The third kappa shape index (κ3) is 4.73. The first-order chi connectivity index (χ1) is 16.6. The van der Waals surface area contributed by atoms with Crippen LogP contribution in [0.15, 0.2) is 18.2 Å². The summed E-state index contributed by atoms with van der Waals surface area (Å²) in [6.07, 6.45) is -4.11. The van der Waals surface area contributed by atoms with Crippen LogP contribution in [0.25, 0.3) is 21.9 Å². The predicted octanol–water partition coefficient (Wildman–Crippen LogP) is 2.88. The van der Waals surface area contributed by atoms with E-state index in [1.54, 1.807) is 32.2 Å². The van der Waals surface area contributed by atoms with Crippen molar-refractivity contribution in [1.29, 1.82) is 0 Å². The summed E-state index contributed by atoms with van der Waals surface area (Å²) < 4.78 is 28.9. The highest BCUT2D eigenvalue weighted by Crippen LogP contribution is 2.39. The van der Waals surface area contributed by atoms with E-state index in [0.29, 0.717) is 38.4 Å². The topological polar surface area (TPSA) is 128 Å². The standard InChI is InChI=1S/C23H24ClN3O8/c1-10-18-19(24)15-8-14(31-5)6-7-16(15)25-22(18)27(26-10)23-21(34-13(4)30)20(33-12(3)29)17(35-23)9-32-11(2)28/h6-8,17,20-21,23H,9H2,1-5H3/t17-,20-,21-,23-/m1/s1. The highest BCUT2D eigenvalue weighted by molar-refractivity contribution is 6.40. The van der Waals surface area contributed by atoms with Gasteiger partial charge in [0, 0.05) is 26.2 Å². The van der Waals surface area contributed by atoms with Gasteiger partial charge in [0.25, 0.3) is 0 Å². The number of aromatic nitrogens is 3. The third-order valence-electron chi connectivity index (χ3n) is 5.53. The third-order valence-corrected chi connectivity index (χ3v) is 5.92. The summed E-state index contributed by atoms with van der Waals surface area (Å²) in [6, 6.07) is 5.29. The van der Waals surface area contributed by atoms with Gasteiger partial charge >= 0.3 is 17.9 Å². The molecule has 0 bridgehead atoms. The first-order valence-electron chi connectivity index (χ1n) is 10.8. The molecule has 1 aromatic carbocycles. The van der Waals surface area contributed by atoms with Gasteiger partial charge in [0.1, 0.15) is 18.5 Å². The van der Waals surface area contributed by atoms with E-state index in [4.69, 9.17) is 40.3 Å². The molecule has 11 nitrogen and oxygen atoms in total. The molecule has 35 heavy (non-hydrogen) atoms. The monoisotopic (exact) mass is 505 g/mol. The van der Waals surface area contributed by atoms with Crippen molar-refractivity contribution in [2.24, 2.45) is 0 Å². The first-order valence-corrected chi connectivity index (χ1v) is 11.1. The second-order valence-electron chi connectivity index (χ2n) is 8.05. The van der Waals surface area contributed by atoms with Gasteiger partial charge in [0.2, 0.25) is 0 Å². The number of aryl methyl sites for hydroxylation is 1. The van der Waals surface area contributed by atoms with Gasteiger partial charge in [-0.05, 0) is 25.1 Å². The second-order valence-corrected chi connectivity index (χ2v) is 8.43. The fourth-order valence-corrected chi connectivity index (χ4v) is 4.50. The molecule has 3 aromatic rings. The van der Waals surface area contributed by atoms with E-state index in [9.17, 15) is 14.4 Å². The van der Waals surface area contributed by atoms with Crippen LogP contribution in [-0.2, 0) is 33.3 Å². The molecule has 0 unspecified atom stereocenters. The van der Waals surface area contributed by atoms with Crippen molar-refractivity contribution in [2.75, 3.05) is 13.7 Å². The molecule has 3 heterocycles. The maximum absolute atomic E-state index is 12.0. The van der Waals surface area contributed by atoms with E-state index in [2.05, 4.69) is 5.10 Å². The van der Waals surface area contributed by atoms with Crippen molar-refractivity contribution in [1.82, 2.24) is 14.8 Å². The second kappa shape index (κ2) is 9.67. The van der Waals surface area contributed by atoms with Crippen molar-refractivity contribution in [3.05, 3.63) is 28.9 Å². The molecule has 0 saturated carbocycles. The summed E-state index contributed by atoms with van der Waals surface area (Å²) >= 11 is 6.76. The van der Waals surface area contributed by atoms with Gasteiger partial charge in [-0.1, -0.05) is 11.6 Å². The van der Waals surface area contributed by atoms with E-state index in [-0.39, 0.29) is 6.61 Å². The lowest BCUT2D eigenvalue weighted by Gasteiger charge is -2.23. The molecular weight excluding hydrogens is 482 g/mol. The average molecular weight is 506 g/mol. The van der Waals surface area contributed by atoms with Crippen LogP contribution in [-0.4, -0.2) is 64.7 Å². The Labute approximate surface area is 205 Å². The normalized spacial score (nSPS) is 21.8. The minimum absolute atomic E-state index is 0.226. The number of methoxy groups -OCH3 is 1. The van der Waals surface area contributed by atoms with Crippen molar-refractivity contribution >= 4 is 51.4 Å². The molecule has 4 atom stereocenters. The smallest absolute Gasteiger partial charge is 0.303 e. The van der Waals surface area contributed by atoms with Crippen LogP contribution >= 0.6 is 11.6 Å². The summed E-state index contributed by atoms with van der Waals surface area (Å²) in [5, 5.41) is 6.24. The Morgan fingerprint density at radius 2 is 1.77 bits per heavy atom. The summed E-state index contributed by atoms with van der Waals surface area (Å²) in [5.41, 5.74) is 1.52. The van der Waals surface area contributed by atoms with Gasteiger partial charge in [-0.15, -0.1) is 0 Å². The number of benzene rings is 1. The van der Waals surface area contributed by atoms with Crippen LogP contribution in [0.5, 0.6) is 5.75 Å². The Balaban J connectivity index is 1.86. The summed E-state index contributed by atoms with van der Waals surface area (Å²) in [6.45, 7) is 5.22. The van der Waals surface area contributed by atoms with Crippen molar-refractivity contribution in [3.8, 4) is 5.75 Å². The van der Waals surface area contributed by atoms with Gasteiger partial charge in [-0.25, -0.2) is 9.67 Å². The zero-order valence-electron chi connectivity index (χ0n) is 19.7. The van der Waals surface area contributed by atoms with Gasteiger partial charge in [0.15, 0.2) is 24.1 Å². The number of carbonyl (C=O) groups is 3. The van der Waals surface area contributed by atoms with E-state index < -0.39 is 42.4 Å². The van der Waals surface area contributed by atoms with Crippen LogP contribution in [0.3, 0.4) is 0 Å². The van der Waals surface area contributed by atoms with Gasteiger partial charge in [0.05, 0.1) is 28.7 Å². The van der Waals surface area contributed by atoms with E-state index >= 15 is 0 Å². The minimum Gasteiger partial charge on any atom is -0.497 e. The Kier molecular flexibility index (Phi) is 6.82. The molecule has 1 fully saturated rings. The predicted molar refractivity (Wildman–Crippen MR) is 123 cm³/mol. The van der Waals surface area contributed by atoms with E-state index in [1.807, 2.05) is 0 Å². The molecule has 1 aliphatic heterocycles. The number of pyridine rings is 1. The molecule has 1 saturated heterocycles. The molecule has 0 radical (unpaired) electrons. The van der Waals surface area contributed by atoms with Crippen LogP contribution < -0.4 is 4.74 Å². The Hall–Kier alpha value is -3.44. The van der Waals surface area contributed by atoms with Crippen LogP contribution in [0.1, 0.15) is 32.7 Å². The first kappa shape index (κ1) is 24.7.